The van der Waals surface area contributed by atoms with Crippen LogP contribution in [0, 0.1) is 0 Å². The number of nitrogens with zero attached hydrogens (tertiary/aromatic N) is 2. The molecule has 1 N–H and O–H groups in total. The highest BCUT2D eigenvalue weighted by atomic mass is 35.5. The first-order chi connectivity index (χ1) is 12.9. The molecule has 8 heteroatoms. The van der Waals surface area contributed by atoms with Gasteiger partial charge >= 0.3 is 0 Å². The average Bonchev–Trinajstić information content (AvgIpc) is 3.08. The van der Waals surface area contributed by atoms with Crippen molar-refractivity contribution in [3.8, 4) is 11.5 Å². The molecule has 2 aromatic carbocycles. The second-order valence-electron chi connectivity index (χ2n) is 5.97. The summed E-state index contributed by atoms with van der Waals surface area (Å²) in [5.74, 6) is 0.372. The van der Waals surface area contributed by atoms with Crippen LogP contribution in [0.15, 0.2) is 65.7 Å². The maximum Gasteiger partial charge on any atom is 0.182 e. The topological polar surface area (TPSA) is 75.7 Å². The molecule has 0 radical (unpaired) electrons. The second-order valence-corrected chi connectivity index (χ2v) is 8.81. The Balaban J connectivity index is 1.70. The number of hydrogen-bond acceptors (Lipinski definition) is 4. The van der Waals surface area contributed by atoms with Gasteiger partial charge in [0.1, 0.15) is 5.69 Å². The van der Waals surface area contributed by atoms with Gasteiger partial charge in [-0.05, 0) is 48.0 Å². The van der Waals surface area contributed by atoms with Gasteiger partial charge in [-0.15, -0.1) is 0 Å². The summed E-state index contributed by atoms with van der Waals surface area (Å²) in [6, 6.07) is 15.1. The highest BCUT2D eigenvalue weighted by Gasteiger charge is 2.19. The number of nitrogens with one attached hydrogen (secondary N) is 1. The van der Waals surface area contributed by atoms with Crippen LogP contribution in [0.2, 0.25) is 10.0 Å². The van der Waals surface area contributed by atoms with Crippen molar-refractivity contribution >= 4 is 44.1 Å². The molecule has 136 valence electrons. The van der Waals surface area contributed by atoms with Crippen LogP contribution in [0.1, 0.15) is 5.56 Å². The summed E-state index contributed by atoms with van der Waals surface area (Å²) in [7, 11) is -3.59. The molecule has 0 saturated heterocycles. The number of H-pyrrole nitrogens is 1. The first kappa shape index (κ1) is 18.0. The van der Waals surface area contributed by atoms with Gasteiger partial charge < -0.3 is 4.98 Å². The van der Waals surface area contributed by atoms with E-state index in [1.54, 1.807) is 36.5 Å². The molecule has 0 unspecified atom stereocenters. The van der Waals surface area contributed by atoms with Crippen LogP contribution in [-0.4, -0.2) is 23.4 Å². The number of hydrogen-bond donors (Lipinski definition) is 1. The Morgan fingerprint density at radius 2 is 1.85 bits per heavy atom. The van der Waals surface area contributed by atoms with Gasteiger partial charge in [-0.1, -0.05) is 35.3 Å². The summed E-state index contributed by atoms with van der Waals surface area (Å²) in [6.07, 6.45) is 1.67. The SMILES string of the molecule is O=S(=O)(Cc1ccc(Cl)cc1Cl)c1ccc2nc(-c3ccccn3)[nH]c2c1. The van der Waals surface area contributed by atoms with Crippen LogP contribution in [0.3, 0.4) is 0 Å². The van der Waals surface area contributed by atoms with E-state index in [0.717, 1.165) is 0 Å². The van der Waals surface area contributed by atoms with E-state index >= 15 is 0 Å². The zero-order valence-corrected chi connectivity index (χ0v) is 16.2. The number of aromatic amines is 1. The monoisotopic (exact) mass is 417 g/mol. The summed E-state index contributed by atoms with van der Waals surface area (Å²) in [4.78, 5) is 12.0. The summed E-state index contributed by atoms with van der Waals surface area (Å²) in [5, 5.41) is 0.785. The molecule has 27 heavy (non-hydrogen) atoms. The highest BCUT2D eigenvalue weighted by Crippen LogP contribution is 2.27. The van der Waals surface area contributed by atoms with Crippen LogP contribution in [-0.2, 0) is 15.6 Å². The number of benzene rings is 2. The van der Waals surface area contributed by atoms with E-state index in [4.69, 9.17) is 23.2 Å². The van der Waals surface area contributed by atoms with Crippen LogP contribution < -0.4 is 0 Å². The van der Waals surface area contributed by atoms with E-state index in [9.17, 15) is 8.42 Å². The van der Waals surface area contributed by atoms with Gasteiger partial charge in [0.25, 0.3) is 0 Å². The standard InChI is InChI=1S/C19H13Cl2N3O2S/c20-13-5-4-12(15(21)9-13)11-27(25,26)14-6-7-16-18(10-14)24-19(23-16)17-3-1-2-8-22-17/h1-10H,11H2,(H,23,24). The lowest BCUT2D eigenvalue weighted by Crippen LogP contribution is -2.05. The molecule has 0 fully saturated rings. The summed E-state index contributed by atoms with van der Waals surface area (Å²) in [6.45, 7) is 0. The van der Waals surface area contributed by atoms with Gasteiger partial charge in [0, 0.05) is 16.2 Å². The highest BCUT2D eigenvalue weighted by molar-refractivity contribution is 7.90. The smallest absolute Gasteiger partial charge is 0.182 e. The molecular formula is C19H13Cl2N3O2S. The minimum absolute atomic E-state index is 0.192. The molecule has 4 aromatic rings. The minimum Gasteiger partial charge on any atom is -0.337 e. The fraction of sp³-hybridized carbons (Fsp3) is 0.0526. The predicted octanol–water partition coefficient (Wildman–Crippen LogP) is 4.91. The van der Waals surface area contributed by atoms with Crippen molar-refractivity contribution in [2.24, 2.45) is 0 Å². The van der Waals surface area contributed by atoms with Crippen molar-refractivity contribution in [2.75, 3.05) is 0 Å². The molecule has 0 aliphatic heterocycles. The first-order valence-corrected chi connectivity index (χ1v) is 10.4. The average molecular weight is 418 g/mol. The zero-order valence-electron chi connectivity index (χ0n) is 13.9. The quantitative estimate of drug-likeness (QED) is 0.511. The first-order valence-electron chi connectivity index (χ1n) is 8.00. The van der Waals surface area contributed by atoms with Gasteiger partial charge in [-0.3, -0.25) is 4.98 Å². The molecule has 2 heterocycles. The van der Waals surface area contributed by atoms with Gasteiger partial charge in [0.05, 0.1) is 21.7 Å². The Kier molecular flexibility index (Phi) is 4.63. The number of fused-ring (bicyclic) bond motifs is 1. The molecule has 0 aliphatic rings. The summed E-state index contributed by atoms with van der Waals surface area (Å²) in [5.41, 5.74) is 2.48. The van der Waals surface area contributed by atoms with Gasteiger partial charge in [0.15, 0.2) is 15.7 Å². The third-order valence-corrected chi connectivity index (χ3v) is 6.33. The van der Waals surface area contributed by atoms with Crippen molar-refractivity contribution in [1.82, 2.24) is 15.0 Å². The molecular weight excluding hydrogens is 405 g/mol. The normalized spacial score (nSPS) is 11.8. The van der Waals surface area contributed by atoms with Crippen molar-refractivity contribution in [2.45, 2.75) is 10.6 Å². The Morgan fingerprint density at radius 3 is 2.59 bits per heavy atom. The van der Waals surface area contributed by atoms with Gasteiger partial charge in [-0.25, -0.2) is 13.4 Å². The maximum atomic E-state index is 12.8. The fourth-order valence-corrected chi connectivity index (χ4v) is 4.69. The Bertz CT molecular complexity index is 1240. The lowest BCUT2D eigenvalue weighted by Gasteiger charge is -2.07. The van der Waals surface area contributed by atoms with Crippen LogP contribution in [0.4, 0.5) is 0 Å². The molecule has 0 amide bonds. The van der Waals surface area contributed by atoms with Gasteiger partial charge in [-0.2, -0.15) is 0 Å². The van der Waals surface area contributed by atoms with Crippen LogP contribution in [0.25, 0.3) is 22.6 Å². The van der Waals surface area contributed by atoms with Crippen LogP contribution in [0.5, 0.6) is 0 Å². The fourth-order valence-electron chi connectivity index (χ4n) is 2.73. The molecule has 0 aliphatic carbocycles. The van der Waals surface area contributed by atoms with Crippen LogP contribution >= 0.6 is 23.2 Å². The Hall–Kier alpha value is -2.41. The molecule has 4 rings (SSSR count). The summed E-state index contributed by atoms with van der Waals surface area (Å²) >= 11 is 12.0. The lowest BCUT2D eigenvalue weighted by molar-refractivity contribution is 0.595. The van der Waals surface area contributed by atoms with E-state index in [-0.39, 0.29) is 10.6 Å². The number of aromatic nitrogens is 3. The molecule has 0 bridgehead atoms. The van der Waals surface area contributed by atoms with Crippen molar-refractivity contribution in [3.63, 3.8) is 0 Å². The van der Waals surface area contributed by atoms with Crippen molar-refractivity contribution in [3.05, 3.63) is 76.4 Å². The molecule has 0 spiro atoms. The molecule has 0 atom stereocenters. The van der Waals surface area contributed by atoms with E-state index < -0.39 is 9.84 Å². The number of halogens is 2. The van der Waals surface area contributed by atoms with E-state index in [1.165, 1.54) is 6.07 Å². The lowest BCUT2D eigenvalue weighted by atomic mass is 10.2. The Morgan fingerprint density at radius 1 is 1.00 bits per heavy atom. The van der Waals surface area contributed by atoms with E-state index in [2.05, 4.69) is 15.0 Å². The summed E-state index contributed by atoms with van der Waals surface area (Å²) < 4.78 is 25.6. The van der Waals surface area contributed by atoms with Gasteiger partial charge in [0.2, 0.25) is 0 Å². The minimum atomic E-state index is -3.59. The second kappa shape index (κ2) is 6.96. The number of pyridine rings is 1. The number of rotatable bonds is 4. The maximum absolute atomic E-state index is 12.8. The van der Waals surface area contributed by atoms with E-state index in [1.807, 2.05) is 18.2 Å². The third-order valence-electron chi connectivity index (χ3n) is 4.08. The zero-order chi connectivity index (χ0) is 19.0. The molecule has 2 aromatic heterocycles. The Labute approximate surface area is 165 Å². The molecule has 0 saturated carbocycles. The number of sulfone groups is 1. The van der Waals surface area contributed by atoms with Crippen molar-refractivity contribution in [1.29, 1.82) is 0 Å². The third kappa shape index (κ3) is 3.69. The predicted molar refractivity (Wildman–Crippen MR) is 107 cm³/mol. The molecule has 5 nitrogen and oxygen atoms in total. The van der Waals surface area contributed by atoms with E-state index in [0.29, 0.717) is 38.2 Å². The number of imidazole rings is 1. The van der Waals surface area contributed by atoms with Crippen molar-refractivity contribution < 1.29 is 8.42 Å². The largest absolute Gasteiger partial charge is 0.337 e.